The molecule has 2 aliphatic heterocycles. The van der Waals surface area contributed by atoms with Crippen molar-refractivity contribution in [3.05, 3.63) is 42.4 Å². The largest absolute Gasteiger partial charge is 0.616 e. The minimum absolute atomic E-state index is 0.00366. The molecule has 6 rings (SSSR count). The van der Waals surface area contributed by atoms with Crippen LogP contribution in [0.3, 0.4) is 0 Å². The molecule has 0 amide bonds. The maximum Gasteiger partial charge on any atom is 0.259 e. The highest BCUT2D eigenvalue weighted by atomic mass is 32.2. The quantitative estimate of drug-likeness (QED) is 0.312. The number of nitrogens with two attached hydrogens (primary N) is 1. The number of piperazine rings is 1. The average molecular weight is 570 g/mol. The molecule has 0 aliphatic carbocycles. The normalized spacial score (nSPS) is 20.2. The minimum Gasteiger partial charge on any atom is -0.616 e. The predicted molar refractivity (Wildman–Crippen MR) is 151 cm³/mol. The number of rotatable bonds is 8. The van der Waals surface area contributed by atoms with Crippen LogP contribution in [-0.2, 0) is 11.2 Å². The van der Waals surface area contributed by atoms with E-state index in [2.05, 4.69) is 29.9 Å². The number of likely N-dealkylation sites (N-methyl/N-ethyl adjacent to an activating group) is 1. The van der Waals surface area contributed by atoms with Gasteiger partial charge in [0.05, 0.1) is 12.0 Å². The number of halogens is 1. The number of hydrogen-bond donors (Lipinski definition) is 1. The fourth-order valence-electron chi connectivity index (χ4n) is 4.98. The van der Waals surface area contributed by atoms with Crippen molar-refractivity contribution in [2.45, 2.75) is 18.9 Å². The number of ether oxygens (including phenoxy) is 1. The van der Waals surface area contributed by atoms with E-state index in [4.69, 9.17) is 14.9 Å². The van der Waals surface area contributed by atoms with Crippen LogP contribution in [0.5, 0.6) is 5.75 Å². The Morgan fingerprint density at radius 1 is 1.15 bits per heavy atom. The topological polar surface area (TPSA) is 137 Å². The van der Waals surface area contributed by atoms with Crippen molar-refractivity contribution in [3.63, 3.8) is 0 Å². The highest BCUT2D eigenvalue weighted by molar-refractivity contribution is 7.91. The van der Waals surface area contributed by atoms with Crippen molar-refractivity contribution >= 4 is 34.5 Å². The molecule has 14 heteroatoms. The summed E-state index contributed by atoms with van der Waals surface area (Å²) >= 11 is -0.745. The van der Waals surface area contributed by atoms with Gasteiger partial charge in [-0.3, -0.25) is 4.90 Å². The van der Waals surface area contributed by atoms with Gasteiger partial charge in [0.2, 0.25) is 17.7 Å². The summed E-state index contributed by atoms with van der Waals surface area (Å²) in [5, 5.41) is 4.33. The van der Waals surface area contributed by atoms with Gasteiger partial charge in [-0.15, -0.1) is 5.10 Å². The van der Waals surface area contributed by atoms with Crippen LogP contribution in [0.2, 0.25) is 0 Å². The first kappa shape index (κ1) is 26.6. The summed E-state index contributed by atoms with van der Waals surface area (Å²) in [7, 11) is 1.91. The van der Waals surface area contributed by atoms with E-state index in [1.165, 1.54) is 10.6 Å². The first-order valence-electron chi connectivity index (χ1n) is 13.4. The van der Waals surface area contributed by atoms with Crippen LogP contribution < -0.4 is 20.3 Å². The van der Waals surface area contributed by atoms with E-state index >= 15 is 0 Å². The van der Waals surface area contributed by atoms with Crippen LogP contribution in [0.1, 0.15) is 12.8 Å². The number of nitrogens with zero attached hydrogens (tertiary/aromatic N) is 8. The summed E-state index contributed by atoms with van der Waals surface area (Å²) in [5.74, 6) is 3.49. The number of fused-ring (bicyclic) bond motifs is 1. The highest BCUT2D eigenvalue weighted by Crippen LogP contribution is 2.27. The molecule has 12 nitrogen and oxygen atoms in total. The molecule has 212 valence electrons. The van der Waals surface area contributed by atoms with E-state index in [0.29, 0.717) is 52.8 Å². The summed E-state index contributed by atoms with van der Waals surface area (Å²) < 4.78 is 39.2. The molecule has 2 saturated heterocycles. The molecule has 4 aromatic rings. The average Bonchev–Trinajstić information content (AvgIpc) is 3.64. The minimum atomic E-state index is -0.745. The summed E-state index contributed by atoms with van der Waals surface area (Å²) in [5.41, 5.74) is 6.72. The summed E-state index contributed by atoms with van der Waals surface area (Å²) in [6.07, 6.45) is 3.05. The number of aromatic nitrogens is 5. The van der Waals surface area contributed by atoms with Gasteiger partial charge >= 0.3 is 0 Å². The lowest BCUT2D eigenvalue weighted by Crippen LogP contribution is -2.48. The zero-order chi connectivity index (χ0) is 27.6. The molecule has 2 N–H and O–H groups in total. The molecule has 0 bridgehead atoms. The van der Waals surface area contributed by atoms with Crippen molar-refractivity contribution < 1.29 is 18.1 Å². The van der Waals surface area contributed by atoms with E-state index in [-0.39, 0.29) is 17.9 Å². The standard InChI is InChI=1S/C26H32FN9O3S/c1-33(25-30-24(28)36-26(31-25)29-23(32-36)22-3-2-14-38-22)8-9-34-10-12-35(13-11-34)21-5-4-19(17-20(21)27)39-18-6-15-40(37)16-7-18/h2-5,14,17-18H,6-13,15-16H2,1H3,(H2,28,29,30,31,32)/t18-,40+. The summed E-state index contributed by atoms with van der Waals surface area (Å²) in [4.78, 5) is 19.7. The van der Waals surface area contributed by atoms with E-state index in [0.717, 1.165) is 45.6 Å². The molecular weight excluding hydrogens is 537 g/mol. The van der Waals surface area contributed by atoms with Gasteiger partial charge in [0, 0.05) is 65.2 Å². The van der Waals surface area contributed by atoms with E-state index in [1.807, 2.05) is 18.0 Å². The Kier molecular flexibility index (Phi) is 7.63. The third-order valence-electron chi connectivity index (χ3n) is 7.33. The first-order valence-corrected chi connectivity index (χ1v) is 14.9. The highest BCUT2D eigenvalue weighted by Gasteiger charge is 2.25. The van der Waals surface area contributed by atoms with Gasteiger partial charge < -0.3 is 29.2 Å². The molecule has 2 aliphatic rings. The molecule has 1 aromatic carbocycles. The maximum absolute atomic E-state index is 15.0. The second kappa shape index (κ2) is 11.5. The van der Waals surface area contributed by atoms with Gasteiger partial charge in [-0.1, -0.05) is 11.2 Å². The molecule has 5 heterocycles. The number of anilines is 3. The van der Waals surface area contributed by atoms with Gasteiger partial charge in [0.1, 0.15) is 29.2 Å². The molecule has 3 aromatic heterocycles. The van der Waals surface area contributed by atoms with E-state index < -0.39 is 11.2 Å². The van der Waals surface area contributed by atoms with Crippen molar-refractivity contribution in [1.82, 2.24) is 29.5 Å². The van der Waals surface area contributed by atoms with Gasteiger partial charge in [0.15, 0.2) is 5.76 Å². The van der Waals surface area contributed by atoms with Crippen molar-refractivity contribution in [1.29, 1.82) is 0 Å². The second-order valence-corrected chi connectivity index (χ2v) is 11.7. The maximum atomic E-state index is 15.0. The second-order valence-electron chi connectivity index (χ2n) is 10.0. The van der Waals surface area contributed by atoms with Crippen LogP contribution >= 0.6 is 0 Å². The molecule has 0 spiro atoms. The Balaban J connectivity index is 1.01. The Hall–Kier alpha value is -3.62. The fourth-order valence-corrected chi connectivity index (χ4v) is 6.23. The van der Waals surface area contributed by atoms with Gasteiger partial charge in [0.25, 0.3) is 5.78 Å². The van der Waals surface area contributed by atoms with E-state index in [9.17, 15) is 8.94 Å². The zero-order valence-electron chi connectivity index (χ0n) is 22.3. The Bertz CT molecular complexity index is 1440. The number of furan rings is 1. The molecule has 40 heavy (non-hydrogen) atoms. The molecule has 0 unspecified atom stereocenters. The lowest BCUT2D eigenvalue weighted by molar-refractivity contribution is 0.189. The van der Waals surface area contributed by atoms with Gasteiger partial charge in [-0.2, -0.15) is 19.5 Å². The molecule has 0 atom stereocenters. The number of benzene rings is 1. The SMILES string of the molecule is CN(CCN1CCN(c2ccc(O[C@H]3CC[S@@+]([O-])CC3)cc2F)CC1)c1nc(N)n2nc(-c3ccco3)nc2n1. The van der Waals surface area contributed by atoms with Crippen LogP contribution in [0, 0.1) is 5.82 Å². The van der Waals surface area contributed by atoms with Crippen LogP contribution in [-0.4, -0.2) is 97.9 Å². The molecule has 0 radical (unpaired) electrons. The van der Waals surface area contributed by atoms with Gasteiger partial charge in [-0.25, -0.2) is 4.39 Å². The third-order valence-corrected chi connectivity index (χ3v) is 8.71. The smallest absolute Gasteiger partial charge is 0.259 e. The first-order chi connectivity index (χ1) is 19.4. The molecule has 0 saturated carbocycles. The summed E-state index contributed by atoms with van der Waals surface area (Å²) in [6, 6.07) is 8.64. The van der Waals surface area contributed by atoms with Crippen molar-refractivity contribution in [3.8, 4) is 17.3 Å². The van der Waals surface area contributed by atoms with Gasteiger partial charge in [-0.05, 0) is 24.3 Å². The van der Waals surface area contributed by atoms with Crippen molar-refractivity contribution in [2.24, 2.45) is 0 Å². The monoisotopic (exact) mass is 569 g/mol. The Morgan fingerprint density at radius 3 is 2.67 bits per heavy atom. The third kappa shape index (κ3) is 5.78. The zero-order valence-corrected chi connectivity index (χ0v) is 23.1. The van der Waals surface area contributed by atoms with E-state index in [1.54, 1.807) is 24.5 Å². The van der Waals surface area contributed by atoms with Crippen LogP contribution in [0.15, 0.2) is 41.0 Å². The summed E-state index contributed by atoms with van der Waals surface area (Å²) in [6.45, 7) is 4.54. The Labute approximate surface area is 234 Å². The van der Waals surface area contributed by atoms with Crippen molar-refractivity contribution in [2.75, 3.05) is 73.4 Å². The lowest BCUT2D eigenvalue weighted by Gasteiger charge is -2.37. The number of nitrogen functional groups attached to an aromatic ring is 1. The molecular formula is C26H32FN9O3S. The fraction of sp³-hybridized carbons (Fsp3) is 0.462. The predicted octanol–water partition coefficient (Wildman–Crippen LogP) is 2.05. The lowest BCUT2D eigenvalue weighted by atomic mass is 10.2. The number of hydrogen-bond acceptors (Lipinski definition) is 11. The Morgan fingerprint density at radius 2 is 1.95 bits per heavy atom. The van der Waals surface area contributed by atoms with Crippen LogP contribution in [0.4, 0.5) is 22.0 Å². The van der Waals surface area contributed by atoms with Crippen LogP contribution in [0.25, 0.3) is 17.4 Å². The molecule has 2 fully saturated rings.